The number of rotatable bonds is 3. The molecule has 0 radical (unpaired) electrons. The van der Waals surface area contributed by atoms with Crippen molar-refractivity contribution in [2.75, 3.05) is 37.7 Å². The molecule has 30 heavy (non-hydrogen) atoms. The van der Waals surface area contributed by atoms with Crippen LogP contribution in [0.4, 0.5) is 10.6 Å². The van der Waals surface area contributed by atoms with Crippen LogP contribution in [-0.4, -0.2) is 53.7 Å². The van der Waals surface area contributed by atoms with Crippen LogP contribution >= 0.6 is 22.9 Å². The number of nitrogens with zero attached hydrogens (tertiary/aromatic N) is 4. The molecule has 3 aromatic rings. The molecule has 2 aromatic heterocycles. The van der Waals surface area contributed by atoms with Crippen molar-refractivity contribution in [3.05, 3.63) is 39.5 Å². The lowest BCUT2D eigenvalue weighted by Gasteiger charge is -2.35. The van der Waals surface area contributed by atoms with Gasteiger partial charge >= 0.3 is 6.09 Å². The molecule has 158 valence electrons. The summed E-state index contributed by atoms with van der Waals surface area (Å²) in [7, 11) is 0. The van der Waals surface area contributed by atoms with Gasteiger partial charge in [-0.1, -0.05) is 18.2 Å². The predicted octanol–water partition coefficient (Wildman–Crippen LogP) is 5.22. The summed E-state index contributed by atoms with van der Waals surface area (Å²) in [6.45, 7) is 11.1. The monoisotopic (exact) mass is 444 g/mol. The van der Waals surface area contributed by atoms with Gasteiger partial charge in [-0.15, -0.1) is 11.3 Å². The first-order chi connectivity index (χ1) is 14.4. The number of fused-ring (bicyclic) bond motifs is 1. The standard InChI is InChI=1S/C22H25ClN4O2S/c1-5-29-22(28)27-10-8-26(9-11-27)19-18-17(16-7-6-13(2)14(3)12-16)15(4)30-20(18)25-21(23)24-19/h6-7,12H,5,8-11H2,1-4H3. The van der Waals surface area contributed by atoms with E-state index < -0.39 is 0 Å². The Morgan fingerprint density at radius 1 is 1.13 bits per heavy atom. The summed E-state index contributed by atoms with van der Waals surface area (Å²) >= 11 is 7.93. The number of amides is 1. The first-order valence-electron chi connectivity index (χ1n) is 10.1. The average molecular weight is 445 g/mol. The number of thiophene rings is 1. The topological polar surface area (TPSA) is 58.6 Å². The lowest BCUT2D eigenvalue weighted by Crippen LogP contribution is -2.49. The minimum absolute atomic E-state index is 0.248. The molecule has 6 nitrogen and oxygen atoms in total. The molecular weight excluding hydrogens is 420 g/mol. The van der Waals surface area contributed by atoms with Crippen LogP contribution in [0.25, 0.3) is 21.3 Å². The van der Waals surface area contributed by atoms with Crippen LogP contribution in [0.1, 0.15) is 22.9 Å². The molecule has 0 atom stereocenters. The zero-order chi connectivity index (χ0) is 21.4. The van der Waals surface area contributed by atoms with Crippen LogP contribution in [0.15, 0.2) is 18.2 Å². The fourth-order valence-electron chi connectivity index (χ4n) is 3.86. The van der Waals surface area contributed by atoms with Crippen LogP contribution in [0.2, 0.25) is 5.28 Å². The number of piperazine rings is 1. The number of anilines is 1. The zero-order valence-corrected chi connectivity index (χ0v) is 19.2. The van der Waals surface area contributed by atoms with Gasteiger partial charge in [0.2, 0.25) is 5.28 Å². The van der Waals surface area contributed by atoms with Gasteiger partial charge < -0.3 is 14.5 Å². The average Bonchev–Trinajstić information content (AvgIpc) is 3.05. The maximum atomic E-state index is 12.0. The van der Waals surface area contributed by atoms with Crippen molar-refractivity contribution in [2.24, 2.45) is 0 Å². The fraction of sp³-hybridized carbons (Fsp3) is 0.409. The second-order valence-corrected chi connectivity index (χ2v) is 9.04. The minimum atomic E-state index is -0.259. The van der Waals surface area contributed by atoms with Gasteiger partial charge in [0.05, 0.1) is 12.0 Å². The lowest BCUT2D eigenvalue weighted by molar-refractivity contribution is 0.105. The molecule has 0 aliphatic carbocycles. The quantitative estimate of drug-likeness (QED) is 0.518. The SMILES string of the molecule is CCOC(=O)N1CCN(c2nc(Cl)nc3sc(C)c(-c4ccc(C)c(C)c4)c23)CC1. The zero-order valence-electron chi connectivity index (χ0n) is 17.7. The molecule has 0 bridgehead atoms. The van der Waals surface area contributed by atoms with Crippen molar-refractivity contribution in [1.82, 2.24) is 14.9 Å². The Morgan fingerprint density at radius 2 is 1.87 bits per heavy atom. The Bertz CT molecular complexity index is 1110. The summed E-state index contributed by atoms with van der Waals surface area (Å²) in [5, 5.41) is 1.29. The van der Waals surface area contributed by atoms with Gasteiger partial charge in [-0.25, -0.2) is 9.78 Å². The van der Waals surface area contributed by atoms with E-state index in [2.05, 4.69) is 53.8 Å². The van der Waals surface area contributed by atoms with Gasteiger partial charge in [-0.2, -0.15) is 4.98 Å². The second-order valence-electron chi connectivity index (χ2n) is 7.50. The van der Waals surface area contributed by atoms with Crippen LogP contribution in [-0.2, 0) is 4.74 Å². The Labute approximate surface area is 185 Å². The Morgan fingerprint density at radius 3 is 2.53 bits per heavy atom. The molecule has 8 heteroatoms. The van der Waals surface area contributed by atoms with Crippen molar-refractivity contribution in [3.8, 4) is 11.1 Å². The number of halogens is 1. The maximum absolute atomic E-state index is 12.0. The molecule has 1 fully saturated rings. The molecule has 1 aromatic carbocycles. The number of aryl methyl sites for hydroxylation is 3. The Hall–Kier alpha value is -2.38. The van der Waals surface area contributed by atoms with E-state index in [9.17, 15) is 4.79 Å². The van der Waals surface area contributed by atoms with Gasteiger partial charge in [0, 0.05) is 36.6 Å². The molecule has 3 heterocycles. The van der Waals surface area contributed by atoms with Crippen molar-refractivity contribution < 1.29 is 9.53 Å². The molecule has 0 unspecified atom stereocenters. The third kappa shape index (κ3) is 3.84. The number of carbonyl (C=O) groups excluding carboxylic acids is 1. The Kier molecular flexibility index (Phi) is 5.84. The summed E-state index contributed by atoms with van der Waals surface area (Å²) in [4.78, 5) is 27.2. The van der Waals surface area contributed by atoms with E-state index in [4.69, 9.17) is 16.3 Å². The number of ether oxygens (including phenoxy) is 1. The van der Waals surface area contributed by atoms with Crippen molar-refractivity contribution in [2.45, 2.75) is 27.7 Å². The van der Waals surface area contributed by atoms with E-state index in [-0.39, 0.29) is 11.4 Å². The summed E-state index contributed by atoms with van der Waals surface area (Å²) in [6.07, 6.45) is -0.259. The highest BCUT2D eigenvalue weighted by molar-refractivity contribution is 7.19. The number of aromatic nitrogens is 2. The van der Waals surface area contributed by atoms with Gasteiger partial charge in [-0.3, -0.25) is 0 Å². The highest BCUT2D eigenvalue weighted by Crippen LogP contribution is 2.42. The van der Waals surface area contributed by atoms with Gasteiger partial charge in [0.25, 0.3) is 0 Å². The predicted molar refractivity (Wildman–Crippen MR) is 123 cm³/mol. The van der Waals surface area contributed by atoms with Crippen LogP contribution < -0.4 is 4.90 Å². The van der Waals surface area contributed by atoms with Crippen LogP contribution in [0.5, 0.6) is 0 Å². The van der Waals surface area contributed by atoms with Crippen molar-refractivity contribution in [3.63, 3.8) is 0 Å². The number of carbonyl (C=O) groups is 1. The molecule has 0 N–H and O–H groups in total. The number of hydrogen-bond acceptors (Lipinski definition) is 6. The molecule has 1 amide bonds. The minimum Gasteiger partial charge on any atom is -0.450 e. The summed E-state index contributed by atoms with van der Waals surface area (Å²) < 4.78 is 5.14. The van der Waals surface area contributed by atoms with Crippen LogP contribution in [0.3, 0.4) is 0 Å². The maximum Gasteiger partial charge on any atom is 0.409 e. The second kappa shape index (κ2) is 8.40. The molecular formula is C22H25ClN4O2S. The Balaban J connectivity index is 1.75. The molecule has 0 saturated carbocycles. The largest absolute Gasteiger partial charge is 0.450 e. The van der Waals surface area contributed by atoms with Crippen molar-refractivity contribution in [1.29, 1.82) is 0 Å². The lowest BCUT2D eigenvalue weighted by atomic mass is 9.99. The van der Waals surface area contributed by atoms with E-state index in [0.29, 0.717) is 32.8 Å². The van der Waals surface area contributed by atoms with E-state index >= 15 is 0 Å². The first-order valence-corrected chi connectivity index (χ1v) is 11.3. The van der Waals surface area contributed by atoms with E-state index in [1.54, 1.807) is 16.2 Å². The summed E-state index contributed by atoms with van der Waals surface area (Å²) in [6, 6.07) is 6.54. The highest BCUT2D eigenvalue weighted by Gasteiger charge is 2.27. The molecule has 1 aliphatic rings. The van der Waals surface area contributed by atoms with E-state index in [0.717, 1.165) is 21.6 Å². The van der Waals surface area contributed by atoms with Gasteiger partial charge in [0.1, 0.15) is 10.6 Å². The number of hydrogen-bond donors (Lipinski definition) is 0. The van der Waals surface area contributed by atoms with Gasteiger partial charge in [-0.05, 0) is 56.0 Å². The third-order valence-corrected chi connectivity index (χ3v) is 6.75. The van der Waals surface area contributed by atoms with E-state index in [1.807, 2.05) is 6.92 Å². The molecule has 1 saturated heterocycles. The molecule has 0 spiro atoms. The smallest absolute Gasteiger partial charge is 0.409 e. The molecule has 1 aliphatic heterocycles. The fourth-order valence-corrected chi connectivity index (χ4v) is 5.11. The first kappa shape index (κ1) is 20.9. The highest BCUT2D eigenvalue weighted by atomic mass is 35.5. The van der Waals surface area contributed by atoms with Crippen LogP contribution in [0, 0.1) is 20.8 Å². The van der Waals surface area contributed by atoms with Crippen molar-refractivity contribution >= 4 is 45.1 Å². The summed E-state index contributed by atoms with van der Waals surface area (Å²) in [5.74, 6) is 0.839. The van der Waals surface area contributed by atoms with E-state index in [1.165, 1.54) is 21.6 Å². The summed E-state index contributed by atoms with van der Waals surface area (Å²) in [5.41, 5.74) is 4.85. The molecule has 4 rings (SSSR count). The number of benzene rings is 1. The van der Waals surface area contributed by atoms with Gasteiger partial charge in [0.15, 0.2) is 0 Å². The third-order valence-electron chi connectivity index (χ3n) is 5.58. The normalized spacial score (nSPS) is 14.4.